The number of nitrogen functional groups attached to an aromatic ring is 1. The van der Waals surface area contributed by atoms with E-state index in [0.29, 0.717) is 37.7 Å². The number of carbonyl (C=O) groups excluding carboxylic acids is 1. The van der Waals surface area contributed by atoms with Crippen LogP contribution in [0.15, 0.2) is 48.7 Å². The minimum atomic E-state index is 0.00832. The average molecular weight is 338 g/mol. The van der Waals surface area contributed by atoms with E-state index in [9.17, 15) is 4.79 Å². The molecule has 6 nitrogen and oxygen atoms in total. The van der Waals surface area contributed by atoms with Gasteiger partial charge in [0.05, 0.1) is 30.9 Å². The first-order chi connectivity index (χ1) is 12.2. The lowest BCUT2D eigenvalue weighted by Gasteiger charge is -2.48. The van der Waals surface area contributed by atoms with E-state index in [1.807, 2.05) is 11.0 Å². The summed E-state index contributed by atoms with van der Waals surface area (Å²) in [6, 6.07) is 14.3. The van der Waals surface area contributed by atoms with E-state index in [-0.39, 0.29) is 18.0 Å². The number of morpholine rings is 1. The minimum Gasteiger partial charge on any atom is -0.384 e. The molecule has 1 aromatic heterocycles. The van der Waals surface area contributed by atoms with E-state index in [2.05, 4.69) is 34.1 Å². The number of pyridine rings is 1. The number of piperazine rings is 1. The number of hydrogen-bond donors (Lipinski definition) is 1. The van der Waals surface area contributed by atoms with Crippen molar-refractivity contribution in [1.82, 2.24) is 14.8 Å². The maximum atomic E-state index is 12.7. The number of benzene rings is 1. The number of amides is 1. The smallest absolute Gasteiger partial charge is 0.255 e. The standard InChI is InChI=1S/C19H22N4O2/c20-18-7-6-15(10-21-18)19(24)22-8-9-23-16(11-22)12-25-13-17(23)14-4-2-1-3-5-14/h1-7,10,16-17H,8-9,11-13H2,(H2,20,21)/t16-,17-/m1/s1. The Balaban J connectivity index is 1.48. The van der Waals surface area contributed by atoms with Crippen molar-refractivity contribution in [1.29, 1.82) is 0 Å². The Morgan fingerprint density at radius 1 is 1.12 bits per heavy atom. The largest absolute Gasteiger partial charge is 0.384 e. The van der Waals surface area contributed by atoms with Crippen LogP contribution in [0.4, 0.5) is 5.82 Å². The molecule has 3 heterocycles. The van der Waals surface area contributed by atoms with E-state index in [0.717, 1.165) is 6.54 Å². The molecule has 0 bridgehead atoms. The van der Waals surface area contributed by atoms with Gasteiger partial charge >= 0.3 is 0 Å². The third kappa shape index (κ3) is 3.23. The Labute approximate surface area is 147 Å². The van der Waals surface area contributed by atoms with Gasteiger partial charge in [-0.05, 0) is 17.7 Å². The van der Waals surface area contributed by atoms with Crippen LogP contribution < -0.4 is 5.73 Å². The van der Waals surface area contributed by atoms with E-state index in [1.54, 1.807) is 18.3 Å². The molecule has 2 fully saturated rings. The molecule has 0 unspecified atom stereocenters. The fourth-order valence-corrected chi connectivity index (χ4v) is 3.70. The fraction of sp³-hybridized carbons (Fsp3) is 0.368. The van der Waals surface area contributed by atoms with Crippen molar-refractivity contribution in [2.75, 3.05) is 38.6 Å². The summed E-state index contributed by atoms with van der Waals surface area (Å²) in [5.74, 6) is 0.432. The van der Waals surface area contributed by atoms with Crippen LogP contribution in [0.2, 0.25) is 0 Å². The molecule has 0 radical (unpaired) electrons. The number of ether oxygens (including phenoxy) is 1. The van der Waals surface area contributed by atoms with Crippen LogP contribution in [0.5, 0.6) is 0 Å². The number of anilines is 1. The van der Waals surface area contributed by atoms with Gasteiger partial charge in [0.2, 0.25) is 0 Å². The van der Waals surface area contributed by atoms with Crippen molar-refractivity contribution in [3.05, 3.63) is 59.8 Å². The number of rotatable bonds is 2. The van der Waals surface area contributed by atoms with E-state index >= 15 is 0 Å². The number of nitrogens with two attached hydrogens (primary N) is 1. The second-order valence-electron chi connectivity index (χ2n) is 6.58. The molecule has 2 N–H and O–H groups in total. The Hall–Kier alpha value is -2.44. The molecule has 6 heteroatoms. The van der Waals surface area contributed by atoms with Gasteiger partial charge in [-0.1, -0.05) is 30.3 Å². The highest BCUT2D eigenvalue weighted by molar-refractivity contribution is 5.94. The lowest BCUT2D eigenvalue weighted by atomic mass is 10.00. The first kappa shape index (κ1) is 16.1. The van der Waals surface area contributed by atoms with Gasteiger partial charge in [0.1, 0.15) is 5.82 Å². The van der Waals surface area contributed by atoms with E-state index < -0.39 is 0 Å². The van der Waals surface area contributed by atoms with Crippen LogP contribution in [0.3, 0.4) is 0 Å². The van der Waals surface area contributed by atoms with Crippen LogP contribution in [-0.4, -0.2) is 59.6 Å². The van der Waals surface area contributed by atoms with Crippen molar-refractivity contribution in [2.45, 2.75) is 12.1 Å². The molecule has 2 atom stereocenters. The first-order valence-electron chi connectivity index (χ1n) is 8.61. The zero-order chi connectivity index (χ0) is 17.2. The van der Waals surface area contributed by atoms with Crippen LogP contribution in [0.25, 0.3) is 0 Å². The summed E-state index contributed by atoms with van der Waals surface area (Å²) < 4.78 is 5.85. The van der Waals surface area contributed by atoms with Gasteiger partial charge in [-0.25, -0.2) is 4.98 Å². The highest BCUT2D eigenvalue weighted by atomic mass is 16.5. The Bertz CT molecular complexity index is 735. The van der Waals surface area contributed by atoms with Gasteiger partial charge in [-0.2, -0.15) is 0 Å². The van der Waals surface area contributed by atoms with Gasteiger partial charge in [-0.3, -0.25) is 9.69 Å². The molecule has 25 heavy (non-hydrogen) atoms. The van der Waals surface area contributed by atoms with Crippen LogP contribution in [0.1, 0.15) is 22.0 Å². The highest BCUT2D eigenvalue weighted by Gasteiger charge is 2.37. The quantitative estimate of drug-likeness (QED) is 0.900. The summed E-state index contributed by atoms with van der Waals surface area (Å²) in [4.78, 5) is 21.1. The lowest BCUT2D eigenvalue weighted by molar-refractivity contribution is -0.0770. The Morgan fingerprint density at radius 3 is 2.72 bits per heavy atom. The van der Waals surface area contributed by atoms with Crippen LogP contribution in [-0.2, 0) is 4.74 Å². The number of carbonyl (C=O) groups is 1. The second kappa shape index (κ2) is 6.82. The maximum absolute atomic E-state index is 12.7. The monoisotopic (exact) mass is 338 g/mol. The summed E-state index contributed by atoms with van der Waals surface area (Å²) in [7, 11) is 0. The van der Waals surface area contributed by atoms with Gasteiger partial charge in [0.15, 0.2) is 0 Å². The SMILES string of the molecule is Nc1ccc(C(=O)N2CCN3[C@@H](COC[C@@H]3c3ccccc3)C2)cn1. The summed E-state index contributed by atoms with van der Waals surface area (Å²) in [6.45, 7) is 3.60. The molecule has 2 aliphatic rings. The number of nitrogens with zero attached hydrogens (tertiary/aromatic N) is 3. The van der Waals surface area contributed by atoms with Gasteiger partial charge in [0.25, 0.3) is 5.91 Å². The maximum Gasteiger partial charge on any atom is 0.255 e. The minimum absolute atomic E-state index is 0.00832. The van der Waals surface area contributed by atoms with Crippen LogP contribution >= 0.6 is 0 Å². The molecular weight excluding hydrogens is 316 g/mol. The van der Waals surface area contributed by atoms with Crippen molar-refractivity contribution in [3.8, 4) is 0 Å². The van der Waals surface area contributed by atoms with Gasteiger partial charge in [0, 0.05) is 25.8 Å². The summed E-state index contributed by atoms with van der Waals surface area (Å²) in [5.41, 5.74) is 7.46. The number of hydrogen-bond acceptors (Lipinski definition) is 5. The summed E-state index contributed by atoms with van der Waals surface area (Å²) in [5, 5.41) is 0. The molecule has 2 saturated heterocycles. The molecule has 130 valence electrons. The molecule has 4 rings (SSSR count). The third-order valence-corrected chi connectivity index (χ3v) is 5.02. The summed E-state index contributed by atoms with van der Waals surface area (Å²) in [6.07, 6.45) is 1.55. The average Bonchev–Trinajstić information content (AvgIpc) is 2.68. The number of fused-ring (bicyclic) bond motifs is 1. The third-order valence-electron chi connectivity index (χ3n) is 5.02. The van der Waals surface area contributed by atoms with Crippen molar-refractivity contribution >= 4 is 11.7 Å². The van der Waals surface area contributed by atoms with Crippen LogP contribution in [0, 0.1) is 0 Å². The van der Waals surface area contributed by atoms with E-state index in [4.69, 9.17) is 10.5 Å². The predicted octanol–water partition coefficient (Wildman–Crippen LogP) is 1.56. The first-order valence-corrected chi connectivity index (χ1v) is 8.61. The fourth-order valence-electron chi connectivity index (χ4n) is 3.70. The normalized spacial score (nSPS) is 23.9. The van der Waals surface area contributed by atoms with Crippen molar-refractivity contribution in [3.63, 3.8) is 0 Å². The van der Waals surface area contributed by atoms with Gasteiger partial charge in [-0.15, -0.1) is 0 Å². The molecule has 0 saturated carbocycles. The number of aromatic nitrogens is 1. The Morgan fingerprint density at radius 2 is 1.96 bits per heavy atom. The molecule has 1 amide bonds. The molecule has 1 aromatic carbocycles. The Kier molecular flexibility index (Phi) is 4.38. The molecule has 2 aromatic rings. The highest BCUT2D eigenvalue weighted by Crippen LogP contribution is 2.29. The van der Waals surface area contributed by atoms with Crippen molar-refractivity contribution in [2.24, 2.45) is 0 Å². The topological polar surface area (TPSA) is 71.7 Å². The van der Waals surface area contributed by atoms with E-state index in [1.165, 1.54) is 5.56 Å². The zero-order valence-electron chi connectivity index (χ0n) is 14.0. The molecule has 0 aliphatic carbocycles. The van der Waals surface area contributed by atoms with Crippen molar-refractivity contribution < 1.29 is 9.53 Å². The summed E-state index contributed by atoms with van der Waals surface area (Å²) >= 11 is 0. The molecule has 0 spiro atoms. The zero-order valence-corrected chi connectivity index (χ0v) is 14.0. The predicted molar refractivity (Wildman–Crippen MR) is 95.0 cm³/mol. The van der Waals surface area contributed by atoms with Gasteiger partial charge < -0.3 is 15.4 Å². The second-order valence-corrected chi connectivity index (χ2v) is 6.58. The molecule has 2 aliphatic heterocycles. The molecular formula is C19H22N4O2. The lowest BCUT2D eigenvalue weighted by Crippen LogP contribution is -2.60.